The van der Waals surface area contributed by atoms with Gasteiger partial charge in [-0.2, -0.15) is 0 Å². The molecule has 0 amide bonds. The molecule has 0 saturated carbocycles. The van der Waals surface area contributed by atoms with E-state index < -0.39 is 17.8 Å². The first kappa shape index (κ1) is 16.4. The number of rotatable bonds is 3. The third-order valence-corrected chi connectivity index (χ3v) is 4.41. The van der Waals surface area contributed by atoms with Gasteiger partial charge in [0.15, 0.2) is 0 Å². The summed E-state index contributed by atoms with van der Waals surface area (Å²) in [6, 6.07) is 7.77. The molecule has 1 aromatic carbocycles. The fourth-order valence-corrected chi connectivity index (χ4v) is 3.38. The molecule has 3 rings (SSSR count). The minimum absolute atomic E-state index is 0.167. The van der Waals surface area contributed by atoms with Crippen LogP contribution in [0.15, 0.2) is 40.5 Å². The highest BCUT2D eigenvalue weighted by molar-refractivity contribution is 6.07. The monoisotopic (exact) mass is 327 g/mol. The van der Waals surface area contributed by atoms with Gasteiger partial charge in [0.25, 0.3) is 0 Å². The molecule has 24 heavy (non-hydrogen) atoms. The number of esters is 2. The van der Waals surface area contributed by atoms with E-state index in [0.29, 0.717) is 17.0 Å². The van der Waals surface area contributed by atoms with Crippen molar-refractivity contribution in [3.05, 3.63) is 46.7 Å². The molecule has 2 aliphatic heterocycles. The highest BCUT2D eigenvalue weighted by Crippen LogP contribution is 2.43. The summed E-state index contributed by atoms with van der Waals surface area (Å²) in [5.74, 6) is -1.78. The van der Waals surface area contributed by atoms with Crippen LogP contribution in [0.4, 0.5) is 0 Å². The molecule has 0 saturated heterocycles. The molecule has 0 N–H and O–H groups in total. The molecule has 0 bridgehead atoms. The standard InChI is InChI=1S/C19H21NO4/c1-10(2)24-19(22)15-12(4)20-14-9-23-18(21)17(14)16(15)13-8-6-5-7-11(13)3/h5-8,10,15-16H,9H2,1-4H3. The SMILES string of the molecule is CC1=NC2=C(C(=O)OC2)C(c2ccccc2C)C1C(=O)OC(C)C. The Labute approximate surface area is 141 Å². The maximum Gasteiger partial charge on any atom is 0.337 e. The summed E-state index contributed by atoms with van der Waals surface area (Å²) in [6.45, 7) is 7.57. The highest BCUT2D eigenvalue weighted by Gasteiger charge is 2.45. The van der Waals surface area contributed by atoms with E-state index in [-0.39, 0.29) is 18.7 Å². The lowest BCUT2D eigenvalue weighted by Gasteiger charge is -2.30. The van der Waals surface area contributed by atoms with E-state index in [1.807, 2.05) is 52.0 Å². The van der Waals surface area contributed by atoms with Gasteiger partial charge in [0, 0.05) is 11.6 Å². The van der Waals surface area contributed by atoms with Crippen molar-refractivity contribution in [2.45, 2.75) is 39.7 Å². The summed E-state index contributed by atoms with van der Waals surface area (Å²) in [5.41, 5.74) is 3.72. The third kappa shape index (κ3) is 2.75. The van der Waals surface area contributed by atoms with E-state index in [2.05, 4.69) is 4.99 Å². The molecule has 0 aromatic heterocycles. The number of hydrogen-bond acceptors (Lipinski definition) is 5. The van der Waals surface area contributed by atoms with Crippen molar-refractivity contribution in [2.24, 2.45) is 10.9 Å². The van der Waals surface area contributed by atoms with Gasteiger partial charge in [0.2, 0.25) is 0 Å². The van der Waals surface area contributed by atoms with Gasteiger partial charge in [-0.3, -0.25) is 9.79 Å². The number of carbonyl (C=O) groups is 2. The normalized spacial score (nSPS) is 23.0. The van der Waals surface area contributed by atoms with Gasteiger partial charge in [-0.15, -0.1) is 0 Å². The first-order valence-electron chi connectivity index (χ1n) is 8.11. The predicted octanol–water partition coefficient (Wildman–Crippen LogP) is 2.93. The Morgan fingerprint density at radius 3 is 2.67 bits per heavy atom. The first-order valence-corrected chi connectivity index (χ1v) is 8.11. The van der Waals surface area contributed by atoms with Gasteiger partial charge in [0.05, 0.1) is 17.4 Å². The van der Waals surface area contributed by atoms with Gasteiger partial charge in [-0.1, -0.05) is 24.3 Å². The number of carbonyl (C=O) groups excluding carboxylic acids is 2. The average Bonchev–Trinajstić information content (AvgIpc) is 2.86. The molecule has 0 aliphatic carbocycles. The first-order chi connectivity index (χ1) is 11.4. The molecular formula is C19H21NO4. The summed E-state index contributed by atoms with van der Waals surface area (Å²) in [4.78, 5) is 29.5. The van der Waals surface area contributed by atoms with Crippen LogP contribution in [-0.4, -0.2) is 30.4 Å². The molecule has 0 radical (unpaired) electrons. The van der Waals surface area contributed by atoms with Crippen LogP contribution in [0.5, 0.6) is 0 Å². The summed E-state index contributed by atoms with van der Waals surface area (Å²) in [5, 5.41) is 0. The largest absolute Gasteiger partial charge is 0.462 e. The Bertz CT molecular complexity index is 760. The van der Waals surface area contributed by atoms with E-state index in [9.17, 15) is 9.59 Å². The number of nitrogens with zero attached hydrogens (tertiary/aromatic N) is 1. The molecule has 1 aromatic rings. The van der Waals surface area contributed by atoms with E-state index in [0.717, 1.165) is 11.1 Å². The molecule has 5 nitrogen and oxygen atoms in total. The summed E-state index contributed by atoms with van der Waals surface area (Å²) >= 11 is 0. The number of aryl methyl sites for hydroxylation is 1. The zero-order valence-electron chi connectivity index (χ0n) is 14.3. The fraction of sp³-hybridized carbons (Fsp3) is 0.421. The second-order valence-corrected chi connectivity index (χ2v) is 6.49. The topological polar surface area (TPSA) is 65.0 Å². The van der Waals surface area contributed by atoms with Crippen LogP contribution in [0, 0.1) is 12.8 Å². The van der Waals surface area contributed by atoms with Crippen molar-refractivity contribution in [3.63, 3.8) is 0 Å². The van der Waals surface area contributed by atoms with Crippen LogP contribution in [0.3, 0.4) is 0 Å². The van der Waals surface area contributed by atoms with Crippen molar-refractivity contribution in [2.75, 3.05) is 6.61 Å². The number of ether oxygens (including phenoxy) is 2. The lowest BCUT2D eigenvalue weighted by molar-refractivity contribution is -0.150. The van der Waals surface area contributed by atoms with Gasteiger partial charge in [-0.05, 0) is 38.8 Å². The Morgan fingerprint density at radius 1 is 1.29 bits per heavy atom. The Morgan fingerprint density at radius 2 is 2.00 bits per heavy atom. The number of aliphatic imine (C=N–C) groups is 1. The van der Waals surface area contributed by atoms with Crippen molar-refractivity contribution in [1.29, 1.82) is 0 Å². The molecular weight excluding hydrogens is 306 g/mol. The van der Waals surface area contributed by atoms with Crippen LogP contribution < -0.4 is 0 Å². The summed E-state index contributed by atoms with van der Waals surface area (Å²) in [6.07, 6.45) is -0.228. The Hall–Kier alpha value is -2.43. The van der Waals surface area contributed by atoms with E-state index in [1.54, 1.807) is 0 Å². The Kier molecular flexibility index (Phi) is 4.26. The second kappa shape index (κ2) is 6.23. The van der Waals surface area contributed by atoms with Crippen LogP contribution in [0.2, 0.25) is 0 Å². The third-order valence-electron chi connectivity index (χ3n) is 4.41. The van der Waals surface area contributed by atoms with Crippen LogP contribution in [-0.2, 0) is 19.1 Å². The average molecular weight is 327 g/mol. The maximum atomic E-state index is 12.7. The zero-order chi connectivity index (χ0) is 17.4. The van der Waals surface area contributed by atoms with Gasteiger partial charge < -0.3 is 9.47 Å². The summed E-state index contributed by atoms with van der Waals surface area (Å²) < 4.78 is 10.6. The lowest BCUT2D eigenvalue weighted by Crippen LogP contribution is -2.36. The van der Waals surface area contributed by atoms with Crippen molar-refractivity contribution in [1.82, 2.24) is 0 Å². The maximum absolute atomic E-state index is 12.7. The molecule has 0 spiro atoms. The van der Waals surface area contributed by atoms with Gasteiger partial charge in [0.1, 0.15) is 12.5 Å². The lowest BCUT2D eigenvalue weighted by atomic mass is 9.75. The van der Waals surface area contributed by atoms with E-state index in [1.165, 1.54) is 0 Å². The summed E-state index contributed by atoms with van der Waals surface area (Å²) in [7, 11) is 0. The number of benzene rings is 1. The van der Waals surface area contributed by atoms with Crippen molar-refractivity contribution < 1.29 is 19.1 Å². The molecule has 2 aliphatic rings. The van der Waals surface area contributed by atoms with Crippen molar-refractivity contribution in [3.8, 4) is 0 Å². The van der Waals surface area contributed by atoms with Crippen LogP contribution in [0.1, 0.15) is 37.8 Å². The van der Waals surface area contributed by atoms with Crippen LogP contribution in [0.25, 0.3) is 0 Å². The van der Waals surface area contributed by atoms with Crippen LogP contribution >= 0.6 is 0 Å². The molecule has 2 unspecified atom stereocenters. The minimum Gasteiger partial charge on any atom is -0.462 e. The second-order valence-electron chi connectivity index (χ2n) is 6.49. The number of cyclic esters (lactones) is 1. The molecule has 0 fully saturated rings. The highest BCUT2D eigenvalue weighted by atomic mass is 16.5. The number of hydrogen-bond donors (Lipinski definition) is 0. The Balaban J connectivity index is 2.14. The van der Waals surface area contributed by atoms with E-state index in [4.69, 9.17) is 9.47 Å². The van der Waals surface area contributed by atoms with Gasteiger partial charge >= 0.3 is 11.9 Å². The minimum atomic E-state index is -0.613. The molecule has 126 valence electrons. The molecule has 2 atom stereocenters. The quantitative estimate of drug-likeness (QED) is 0.801. The smallest absolute Gasteiger partial charge is 0.337 e. The van der Waals surface area contributed by atoms with Crippen molar-refractivity contribution >= 4 is 17.7 Å². The van der Waals surface area contributed by atoms with Gasteiger partial charge in [-0.25, -0.2) is 4.79 Å². The zero-order valence-corrected chi connectivity index (χ0v) is 14.3. The van der Waals surface area contributed by atoms with E-state index >= 15 is 0 Å². The molecule has 2 heterocycles. The predicted molar refractivity (Wildman–Crippen MR) is 89.7 cm³/mol. The molecule has 5 heteroatoms. The fourth-order valence-electron chi connectivity index (χ4n) is 3.38.